The first-order valence-electron chi connectivity index (χ1n) is 36.7. The first-order valence-corrected chi connectivity index (χ1v) is 36.7. The van der Waals surface area contributed by atoms with E-state index in [9.17, 15) is 15.9 Å². The number of amidine groups is 2. The third-order valence-corrected chi connectivity index (χ3v) is 21.4. The molecular weight excluding hydrogens is 1330 g/mol. The van der Waals surface area contributed by atoms with Crippen molar-refractivity contribution in [3.63, 3.8) is 0 Å². The van der Waals surface area contributed by atoms with Gasteiger partial charge >= 0.3 is 0 Å². The number of fused-ring (bicyclic) bond motifs is 9. The number of nitrogens with zero attached hydrogens (tertiary/aromatic N) is 7. The molecule has 8 nitrogen and oxygen atoms in total. The maximum absolute atomic E-state index is 11.6. The van der Waals surface area contributed by atoms with Gasteiger partial charge in [-0.3, -0.25) is 5.41 Å². The van der Waals surface area contributed by atoms with E-state index in [-0.39, 0.29) is 11.9 Å². The normalized spacial score (nSPS) is 12.0. The highest BCUT2D eigenvalue weighted by Gasteiger charge is 2.27. The Kier molecular flexibility index (Phi) is 17.1. The fourth-order valence-electron chi connectivity index (χ4n) is 15.8. The molecule has 8 heteroatoms. The van der Waals surface area contributed by atoms with Crippen LogP contribution in [0.1, 0.15) is 29.2 Å². The number of nitrogens with one attached hydrogen (secondary N) is 1. The highest BCUT2D eigenvalue weighted by atomic mass is 15.2. The van der Waals surface area contributed by atoms with Gasteiger partial charge in [-0.15, -0.1) is 0 Å². The Hall–Kier alpha value is -14.7. The lowest BCUT2D eigenvalue weighted by Gasteiger charge is -2.28. The lowest BCUT2D eigenvalue weighted by atomic mass is 9.98. The summed E-state index contributed by atoms with van der Waals surface area (Å²) in [7, 11) is 2.03. The van der Waals surface area contributed by atoms with E-state index in [2.05, 4.69) is 335 Å². The van der Waals surface area contributed by atoms with E-state index in [1.807, 2.05) is 67.7 Å². The molecule has 0 aliphatic carbocycles. The highest BCUT2D eigenvalue weighted by molar-refractivity contribution is 6.18. The van der Waals surface area contributed by atoms with Crippen LogP contribution < -0.4 is 0 Å². The molecule has 18 rings (SSSR count). The van der Waals surface area contributed by atoms with Crippen LogP contribution in [0.25, 0.3) is 160 Å². The van der Waals surface area contributed by atoms with Gasteiger partial charge in [-0.05, 0) is 200 Å². The number of rotatable bonds is 15. The smallest absolute Gasteiger partial charge is 0.156 e. The molecule has 0 amide bonds. The molecule has 18 aromatic rings. The van der Waals surface area contributed by atoms with E-state index in [1.165, 1.54) is 0 Å². The summed E-state index contributed by atoms with van der Waals surface area (Å²) in [5, 5.41) is 39.6. The van der Waals surface area contributed by atoms with Crippen molar-refractivity contribution in [2.75, 3.05) is 7.05 Å². The minimum atomic E-state index is -0.279. The van der Waals surface area contributed by atoms with Crippen molar-refractivity contribution in [1.82, 2.24) is 18.6 Å². The summed E-state index contributed by atoms with van der Waals surface area (Å²) in [6, 6.07) is 126. The lowest BCUT2D eigenvalue weighted by molar-refractivity contribution is 0.454. The number of hydrogen-bond donors (Lipinski definition) is 1. The summed E-state index contributed by atoms with van der Waals surface area (Å²) in [5.41, 5.74) is 25.0. The Morgan fingerprint density at radius 3 is 1.01 bits per heavy atom. The quantitative estimate of drug-likeness (QED) is 0.0628. The summed E-state index contributed by atoms with van der Waals surface area (Å²) >= 11 is 0. The summed E-state index contributed by atoms with van der Waals surface area (Å²) in [4.78, 5) is 7.76. The number of nitriles is 2. The standard InChI is InChI=1S/C101H70N8/c1-4-5-24-66(2)106(3)101(105-100(104)90-55-67(64-102)37-47-98(90)108-94-51-42-77(70-29-16-8-17-30-70)59-86(94)87-60-78(43-52-95(87)108)71-31-18-9-19-32-71)83-46-38-81(63-99(83)109-96-53-44-79(72-33-20-10-21-34-72)61-88(96)89-62-80(45-54-97(89)109)73-35-22-11-23-36-73)74-39-48-91(82(56-74)65-103)107-92-49-40-75(68-25-12-6-13-26-68)57-84(92)85-58-76(41-50-93(85)107)69-27-14-7-15-28-69/h4-63,66,104H,1H2,2-3H3/b24-5-,104-100?,105-101-. The minimum absolute atomic E-state index is 0.0465. The van der Waals surface area contributed by atoms with Crippen molar-refractivity contribution < 1.29 is 0 Å². The van der Waals surface area contributed by atoms with Gasteiger partial charge in [0.2, 0.25) is 0 Å². The molecule has 109 heavy (non-hydrogen) atoms. The first-order chi connectivity index (χ1) is 53.7. The first kappa shape index (κ1) is 66.3. The molecule has 1 N–H and O–H groups in total. The minimum Gasteiger partial charge on any atom is -0.353 e. The van der Waals surface area contributed by atoms with Gasteiger partial charge in [0.15, 0.2) is 5.84 Å². The average molecular weight is 1400 g/mol. The van der Waals surface area contributed by atoms with Crippen molar-refractivity contribution in [2.24, 2.45) is 4.99 Å². The Labute approximate surface area is 632 Å². The average Bonchev–Trinajstić information content (AvgIpc) is 1.60. The molecule has 3 heterocycles. The van der Waals surface area contributed by atoms with Crippen LogP contribution in [0.4, 0.5) is 0 Å². The predicted molar refractivity (Wildman–Crippen MR) is 453 cm³/mol. The zero-order valence-electron chi connectivity index (χ0n) is 60.1. The predicted octanol–water partition coefficient (Wildman–Crippen LogP) is 25.2. The van der Waals surface area contributed by atoms with Crippen LogP contribution in [-0.2, 0) is 0 Å². The third-order valence-electron chi connectivity index (χ3n) is 21.4. The molecule has 0 bridgehead atoms. The molecule has 0 saturated carbocycles. The van der Waals surface area contributed by atoms with Crippen molar-refractivity contribution in [3.8, 4) is 107 Å². The van der Waals surface area contributed by atoms with Gasteiger partial charge in [0, 0.05) is 56.5 Å². The van der Waals surface area contributed by atoms with E-state index in [4.69, 9.17) is 4.99 Å². The lowest BCUT2D eigenvalue weighted by Crippen LogP contribution is -2.36. The fraction of sp³-hybridized carbons (Fsp3) is 0.0297. The SMILES string of the molecule is C=C/C=C\C(C)N(C)/C(=N\C(=N)c1cc(C#N)ccc1-n1c2ccc(-c3ccccc3)cc2c2cc(-c3ccccc3)ccc21)c1ccc(-c2ccc(-n3c4ccc(-c5ccccc5)cc4c4cc(-c5ccccc5)ccc43)c(C#N)c2)cc1-n1c2ccc(-c3ccccc3)cc2c2cc(-c3ccccc3)ccc21. The van der Waals surface area contributed by atoms with E-state index < -0.39 is 0 Å². The number of hydrogen-bond acceptors (Lipinski definition) is 3. The van der Waals surface area contributed by atoms with Crippen LogP contribution in [-0.4, -0.2) is 43.4 Å². The van der Waals surface area contributed by atoms with Crippen LogP contribution in [0.5, 0.6) is 0 Å². The van der Waals surface area contributed by atoms with Crippen molar-refractivity contribution in [3.05, 3.63) is 393 Å². The number of aromatic nitrogens is 3. The molecule has 1 unspecified atom stereocenters. The summed E-state index contributed by atoms with van der Waals surface area (Å²) in [6.07, 6.45) is 5.80. The molecule has 0 aliphatic heterocycles. The van der Waals surface area contributed by atoms with Crippen molar-refractivity contribution in [2.45, 2.75) is 13.0 Å². The van der Waals surface area contributed by atoms with E-state index in [0.29, 0.717) is 28.2 Å². The molecule has 0 radical (unpaired) electrons. The van der Waals surface area contributed by atoms with Crippen molar-refractivity contribution in [1.29, 1.82) is 15.9 Å². The molecule has 0 spiro atoms. The van der Waals surface area contributed by atoms with Crippen LogP contribution in [0.3, 0.4) is 0 Å². The van der Waals surface area contributed by atoms with E-state index in [1.54, 1.807) is 12.1 Å². The summed E-state index contributed by atoms with van der Waals surface area (Å²) < 4.78 is 6.82. The second-order valence-corrected chi connectivity index (χ2v) is 27.8. The monoisotopic (exact) mass is 1390 g/mol. The van der Waals surface area contributed by atoms with E-state index in [0.717, 1.165) is 160 Å². The number of benzene rings is 15. The maximum Gasteiger partial charge on any atom is 0.156 e. The molecular formula is C101H70N8. The van der Waals surface area contributed by atoms with Gasteiger partial charge in [-0.1, -0.05) is 255 Å². The molecule has 0 saturated heterocycles. The largest absolute Gasteiger partial charge is 0.353 e. The Morgan fingerprint density at radius 1 is 0.349 bits per heavy atom. The van der Waals surface area contributed by atoms with Gasteiger partial charge in [-0.25, -0.2) is 4.99 Å². The van der Waals surface area contributed by atoms with Gasteiger partial charge < -0.3 is 18.6 Å². The second-order valence-electron chi connectivity index (χ2n) is 27.8. The van der Waals surface area contributed by atoms with Gasteiger partial charge in [0.05, 0.1) is 67.4 Å². The van der Waals surface area contributed by atoms with Crippen molar-refractivity contribution >= 4 is 77.1 Å². The number of aliphatic imine (C=N–C) groups is 1. The third kappa shape index (κ3) is 12.0. The summed E-state index contributed by atoms with van der Waals surface area (Å²) in [6.45, 7) is 6.19. The number of likely N-dealkylation sites (N-methyl/N-ethyl adjacent to an activating group) is 1. The zero-order chi connectivity index (χ0) is 73.6. The Balaban J connectivity index is 0.862. The van der Waals surface area contributed by atoms with E-state index >= 15 is 0 Å². The zero-order valence-corrected chi connectivity index (χ0v) is 60.1. The fourth-order valence-corrected chi connectivity index (χ4v) is 15.8. The highest BCUT2D eigenvalue weighted by Crippen LogP contribution is 2.44. The number of allylic oxidation sites excluding steroid dienone is 2. The topological polar surface area (TPSA) is 102 Å². The van der Waals surface area contributed by atoms with Gasteiger partial charge in [0.1, 0.15) is 11.9 Å². The molecule has 1 atom stereocenters. The van der Waals surface area contributed by atoms with Crippen LogP contribution in [0.2, 0.25) is 0 Å². The Morgan fingerprint density at radius 2 is 0.661 bits per heavy atom. The van der Waals surface area contributed by atoms with Crippen LogP contribution >= 0.6 is 0 Å². The molecule has 3 aromatic heterocycles. The summed E-state index contributed by atoms with van der Waals surface area (Å²) in [5.74, 6) is 0.459. The molecule has 0 fully saturated rings. The van der Waals surface area contributed by atoms with Gasteiger partial charge in [0.25, 0.3) is 0 Å². The molecule has 15 aromatic carbocycles. The second kappa shape index (κ2) is 28.1. The Bertz CT molecular complexity index is 6500. The molecule has 0 aliphatic rings. The van der Waals surface area contributed by atoms with Crippen LogP contribution in [0.15, 0.2) is 376 Å². The molecule has 514 valence electrons. The maximum atomic E-state index is 11.6. The van der Waals surface area contributed by atoms with Gasteiger partial charge in [-0.2, -0.15) is 10.5 Å². The van der Waals surface area contributed by atoms with Crippen LogP contribution in [0, 0.1) is 28.1 Å².